The Morgan fingerprint density at radius 2 is 1.84 bits per heavy atom. The quantitative estimate of drug-likeness (QED) is 0.843. The molecule has 100 valence electrons. The van der Waals surface area contributed by atoms with Gasteiger partial charge >= 0.3 is 0 Å². The van der Waals surface area contributed by atoms with Gasteiger partial charge in [-0.2, -0.15) is 0 Å². The summed E-state index contributed by atoms with van der Waals surface area (Å²) in [5, 5.41) is 0. The van der Waals surface area contributed by atoms with Crippen LogP contribution in [-0.4, -0.2) is 10.8 Å². The molecule has 1 aromatic heterocycles. The first kappa shape index (κ1) is 12.4. The normalized spacial score (nSPS) is 20.6. The lowest BCUT2D eigenvalue weighted by molar-refractivity contribution is -0.121. The van der Waals surface area contributed by atoms with E-state index in [9.17, 15) is 4.79 Å². The van der Waals surface area contributed by atoms with Crippen LogP contribution < -0.4 is 0 Å². The van der Waals surface area contributed by atoms with Gasteiger partial charge in [0.15, 0.2) is 5.58 Å². The number of benzene rings is 1. The number of hydrogen-bond donors (Lipinski definition) is 0. The number of carbonyl (C=O) groups excluding carboxylic acids is 1. The van der Waals surface area contributed by atoms with E-state index in [1.165, 1.54) is 0 Å². The van der Waals surface area contributed by atoms with Crippen molar-refractivity contribution < 1.29 is 9.21 Å². The fourth-order valence-corrected chi connectivity index (χ4v) is 3.25. The Bertz CT molecular complexity index is 605. The standard InChI is InChI=1S/C16H19NO2/c1-15(2)14(16(15,3)4)11(18)9-13-17-10-7-5-6-8-12(10)19-13/h5-8,14H,9H2,1-4H3. The van der Waals surface area contributed by atoms with E-state index in [1.807, 2.05) is 24.3 Å². The van der Waals surface area contributed by atoms with Crippen LogP contribution in [0.5, 0.6) is 0 Å². The monoisotopic (exact) mass is 257 g/mol. The minimum Gasteiger partial charge on any atom is -0.440 e. The molecule has 0 amide bonds. The fraction of sp³-hybridized carbons (Fsp3) is 0.500. The van der Waals surface area contributed by atoms with Crippen LogP contribution in [0.3, 0.4) is 0 Å². The van der Waals surface area contributed by atoms with Gasteiger partial charge in [0.05, 0.1) is 6.42 Å². The maximum atomic E-state index is 12.4. The summed E-state index contributed by atoms with van der Waals surface area (Å²) >= 11 is 0. The molecule has 0 aliphatic heterocycles. The van der Waals surface area contributed by atoms with Crippen LogP contribution in [0, 0.1) is 16.7 Å². The second-order valence-electron chi connectivity index (χ2n) is 6.59. The van der Waals surface area contributed by atoms with Crippen LogP contribution in [0.4, 0.5) is 0 Å². The van der Waals surface area contributed by atoms with Gasteiger partial charge < -0.3 is 4.42 Å². The molecule has 0 spiro atoms. The van der Waals surface area contributed by atoms with E-state index in [4.69, 9.17) is 4.42 Å². The molecule has 3 nitrogen and oxygen atoms in total. The number of carbonyl (C=O) groups is 1. The van der Waals surface area contributed by atoms with E-state index in [1.54, 1.807) is 0 Å². The minimum absolute atomic E-state index is 0.0795. The SMILES string of the molecule is CC1(C)C(C(=O)Cc2nc3ccccc3o2)C1(C)C. The lowest BCUT2D eigenvalue weighted by atomic mass is 10.0. The highest BCUT2D eigenvalue weighted by Crippen LogP contribution is 2.68. The van der Waals surface area contributed by atoms with Crippen molar-refractivity contribution in [1.82, 2.24) is 4.98 Å². The first-order valence-corrected chi connectivity index (χ1v) is 6.71. The molecule has 0 saturated heterocycles. The van der Waals surface area contributed by atoms with E-state index in [2.05, 4.69) is 32.7 Å². The largest absolute Gasteiger partial charge is 0.440 e. The third kappa shape index (κ3) is 1.71. The predicted octanol–water partition coefficient (Wildman–Crippen LogP) is 3.62. The third-order valence-corrected chi connectivity index (χ3v) is 5.01. The summed E-state index contributed by atoms with van der Waals surface area (Å²) in [5.74, 6) is 0.876. The number of ketones is 1. The zero-order valence-electron chi connectivity index (χ0n) is 11.9. The lowest BCUT2D eigenvalue weighted by Gasteiger charge is -2.03. The van der Waals surface area contributed by atoms with Crippen molar-refractivity contribution in [2.24, 2.45) is 16.7 Å². The van der Waals surface area contributed by atoms with Gasteiger partial charge in [-0.3, -0.25) is 4.79 Å². The average Bonchev–Trinajstić information content (AvgIpc) is 2.61. The highest BCUT2D eigenvalue weighted by Gasteiger charge is 2.67. The third-order valence-electron chi connectivity index (χ3n) is 5.01. The summed E-state index contributed by atoms with van der Waals surface area (Å²) in [6.07, 6.45) is 0.298. The Balaban J connectivity index is 1.81. The zero-order chi connectivity index (χ0) is 13.8. The van der Waals surface area contributed by atoms with Crippen molar-refractivity contribution in [2.45, 2.75) is 34.1 Å². The molecule has 3 heteroatoms. The molecule has 0 unspecified atom stereocenters. The Kier molecular flexibility index (Phi) is 2.40. The van der Waals surface area contributed by atoms with Crippen molar-refractivity contribution in [3.63, 3.8) is 0 Å². The zero-order valence-corrected chi connectivity index (χ0v) is 11.9. The molecule has 0 radical (unpaired) electrons. The molecule has 2 aromatic rings. The predicted molar refractivity (Wildman–Crippen MR) is 73.8 cm³/mol. The highest BCUT2D eigenvalue weighted by molar-refractivity contribution is 5.88. The van der Waals surface area contributed by atoms with Crippen LogP contribution in [0.2, 0.25) is 0 Å². The number of oxazole rings is 1. The number of rotatable bonds is 3. The molecule has 0 atom stereocenters. The number of nitrogens with zero attached hydrogens (tertiary/aromatic N) is 1. The molecule has 19 heavy (non-hydrogen) atoms. The van der Waals surface area contributed by atoms with Gasteiger partial charge in [-0.05, 0) is 23.0 Å². The summed E-state index contributed by atoms with van der Waals surface area (Å²) in [4.78, 5) is 16.8. The van der Waals surface area contributed by atoms with Crippen molar-refractivity contribution in [1.29, 1.82) is 0 Å². The number of Topliss-reactive ketones (excluding diaryl/α,β-unsaturated/α-hetero) is 1. The van der Waals surface area contributed by atoms with Gasteiger partial charge in [-0.25, -0.2) is 4.98 Å². The van der Waals surface area contributed by atoms with Crippen molar-refractivity contribution in [3.8, 4) is 0 Å². The number of aromatic nitrogens is 1. The maximum Gasteiger partial charge on any atom is 0.202 e. The Hall–Kier alpha value is -1.64. The van der Waals surface area contributed by atoms with E-state index in [0.717, 1.165) is 11.1 Å². The first-order valence-electron chi connectivity index (χ1n) is 6.71. The highest BCUT2D eigenvalue weighted by atomic mass is 16.3. The molecule has 1 saturated carbocycles. The second kappa shape index (κ2) is 3.69. The first-order chi connectivity index (χ1) is 8.84. The summed E-state index contributed by atoms with van der Waals surface area (Å²) in [7, 11) is 0. The number of hydrogen-bond acceptors (Lipinski definition) is 3. The molecular weight excluding hydrogens is 238 g/mol. The van der Waals surface area contributed by atoms with Crippen LogP contribution in [-0.2, 0) is 11.2 Å². The molecule has 1 heterocycles. The topological polar surface area (TPSA) is 43.1 Å². The number of fused-ring (bicyclic) bond motifs is 1. The molecule has 3 rings (SSSR count). The molecule has 1 fully saturated rings. The maximum absolute atomic E-state index is 12.4. The summed E-state index contributed by atoms with van der Waals surface area (Å²) in [6, 6.07) is 7.61. The molecule has 0 N–H and O–H groups in total. The van der Waals surface area contributed by atoms with Crippen molar-refractivity contribution >= 4 is 16.9 Å². The minimum atomic E-state index is 0.0795. The second-order valence-corrected chi connectivity index (χ2v) is 6.59. The van der Waals surface area contributed by atoms with Gasteiger partial charge in [0.1, 0.15) is 11.3 Å². The molecule has 0 bridgehead atoms. The van der Waals surface area contributed by atoms with E-state index >= 15 is 0 Å². The molecule has 1 aromatic carbocycles. The van der Waals surface area contributed by atoms with Gasteiger partial charge in [0, 0.05) is 5.92 Å². The van der Waals surface area contributed by atoms with Gasteiger partial charge in [0.25, 0.3) is 0 Å². The van der Waals surface area contributed by atoms with Gasteiger partial charge in [-0.1, -0.05) is 39.8 Å². The van der Waals surface area contributed by atoms with E-state index in [-0.39, 0.29) is 22.5 Å². The van der Waals surface area contributed by atoms with Gasteiger partial charge in [-0.15, -0.1) is 0 Å². The molecular formula is C16H19NO2. The summed E-state index contributed by atoms with van der Waals surface area (Å²) in [6.45, 7) is 8.62. The van der Waals surface area contributed by atoms with Crippen molar-refractivity contribution in [3.05, 3.63) is 30.2 Å². The van der Waals surface area contributed by atoms with Crippen LogP contribution >= 0.6 is 0 Å². The van der Waals surface area contributed by atoms with Crippen LogP contribution in [0.15, 0.2) is 28.7 Å². The van der Waals surface area contributed by atoms with Crippen molar-refractivity contribution in [2.75, 3.05) is 0 Å². The molecule has 1 aliphatic carbocycles. The lowest BCUT2D eigenvalue weighted by Crippen LogP contribution is -2.10. The van der Waals surface area contributed by atoms with Gasteiger partial charge in [0.2, 0.25) is 5.89 Å². The van der Waals surface area contributed by atoms with E-state index in [0.29, 0.717) is 12.3 Å². The number of para-hydroxylation sites is 2. The van der Waals surface area contributed by atoms with Crippen LogP contribution in [0.25, 0.3) is 11.1 Å². The molecule has 1 aliphatic rings. The smallest absolute Gasteiger partial charge is 0.202 e. The van der Waals surface area contributed by atoms with Crippen LogP contribution in [0.1, 0.15) is 33.6 Å². The summed E-state index contributed by atoms with van der Waals surface area (Å²) < 4.78 is 5.62. The Labute approximate surface area is 113 Å². The Morgan fingerprint density at radius 1 is 1.21 bits per heavy atom. The summed E-state index contributed by atoms with van der Waals surface area (Å²) in [5.41, 5.74) is 1.73. The average molecular weight is 257 g/mol. The fourth-order valence-electron chi connectivity index (χ4n) is 3.25. The van der Waals surface area contributed by atoms with E-state index < -0.39 is 0 Å². The Morgan fingerprint density at radius 3 is 2.42 bits per heavy atom.